The van der Waals surface area contributed by atoms with Crippen molar-refractivity contribution in [3.05, 3.63) is 0 Å². The number of carbonyl (C=O) groups is 1. The summed E-state index contributed by atoms with van der Waals surface area (Å²) in [6.07, 6.45) is 5.30. The third kappa shape index (κ3) is 3.17. The second-order valence-corrected chi connectivity index (χ2v) is 6.59. The van der Waals surface area contributed by atoms with E-state index in [1.54, 1.807) is 0 Å². The van der Waals surface area contributed by atoms with E-state index in [0.29, 0.717) is 11.9 Å². The van der Waals surface area contributed by atoms with Crippen molar-refractivity contribution in [1.82, 2.24) is 15.1 Å². The molecule has 2 unspecified atom stereocenters. The van der Waals surface area contributed by atoms with Crippen molar-refractivity contribution in [1.29, 1.82) is 0 Å². The highest BCUT2D eigenvalue weighted by molar-refractivity contribution is 5.83. The fourth-order valence-electron chi connectivity index (χ4n) is 3.77. The topological polar surface area (TPSA) is 35.6 Å². The van der Waals surface area contributed by atoms with Crippen molar-refractivity contribution in [2.75, 3.05) is 39.8 Å². The van der Waals surface area contributed by atoms with E-state index in [1.807, 2.05) is 0 Å². The highest BCUT2D eigenvalue weighted by Crippen LogP contribution is 2.33. The van der Waals surface area contributed by atoms with Crippen molar-refractivity contribution in [3.63, 3.8) is 0 Å². The van der Waals surface area contributed by atoms with Crippen LogP contribution in [-0.2, 0) is 4.79 Å². The summed E-state index contributed by atoms with van der Waals surface area (Å²) in [6.45, 7) is 9.38. The number of likely N-dealkylation sites (N-methyl/N-ethyl adjacent to an activating group) is 1. The number of nitrogens with one attached hydrogen (secondary N) is 1. The maximum atomic E-state index is 13.2. The number of nitrogens with zero attached hydrogens (tertiary/aromatic N) is 2. The van der Waals surface area contributed by atoms with E-state index < -0.39 is 0 Å². The molecule has 1 N–H and O–H groups in total. The predicted octanol–water partition coefficient (Wildman–Crippen LogP) is 1.71. The van der Waals surface area contributed by atoms with E-state index in [0.717, 1.165) is 64.8 Å². The molecule has 2 saturated heterocycles. The average Bonchev–Trinajstić information content (AvgIpc) is 2.68. The number of amides is 1. The van der Waals surface area contributed by atoms with Gasteiger partial charge in [0.1, 0.15) is 0 Å². The zero-order chi connectivity index (χ0) is 14.6. The van der Waals surface area contributed by atoms with Gasteiger partial charge in [-0.3, -0.25) is 4.79 Å². The molecule has 2 atom stereocenters. The Hall–Kier alpha value is -0.610. The molecule has 0 aliphatic carbocycles. The molecular formula is C16H31N3O. The molecule has 4 heteroatoms. The molecule has 0 spiro atoms. The van der Waals surface area contributed by atoms with Crippen LogP contribution in [0.25, 0.3) is 0 Å². The third-order valence-corrected chi connectivity index (χ3v) is 5.24. The van der Waals surface area contributed by atoms with Gasteiger partial charge >= 0.3 is 0 Å². The number of piperidine rings is 1. The van der Waals surface area contributed by atoms with Crippen molar-refractivity contribution >= 4 is 5.91 Å². The molecule has 2 heterocycles. The van der Waals surface area contributed by atoms with Crippen LogP contribution in [0.4, 0.5) is 0 Å². The van der Waals surface area contributed by atoms with Gasteiger partial charge in [0.25, 0.3) is 0 Å². The Morgan fingerprint density at radius 3 is 2.70 bits per heavy atom. The lowest BCUT2D eigenvalue weighted by molar-refractivity contribution is -0.146. The maximum Gasteiger partial charge on any atom is 0.230 e. The smallest absolute Gasteiger partial charge is 0.230 e. The van der Waals surface area contributed by atoms with E-state index in [1.165, 1.54) is 0 Å². The molecule has 0 aromatic rings. The van der Waals surface area contributed by atoms with Gasteiger partial charge in [0, 0.05) is 25.7 Å². The standard InChI is InChI=1S/C16H31N3O/c1-4-14-12-18(3)10-7-11-19(14)15(20)16(5-2)8-6-9-17-13-16/h14,17H,4-13H2,1-3H3. The van der Waals surface area contributed by atoms with E-state index >= 15 is 0 Å². The van der Waals surface area contributed by atoms with Crippen LogP contribution in [0.15, 0.2) is 0 Å². The summed E-state index contributed by atoms with van der Waals surface area (Å²) in [5.41, 5.74) is -0.144. The van der Waals surface area contributed by atoms with E-state index in [-0.39, 0.29) is 5.41 Å². The summed E-state index contributed by atoms with van der Waals surface area (Å²) in [7, 11) is 2.17. The van der Waals surface area contributed by atoms with Gasteiger partial charge in [-0.25, -0.2) is 0 Å². The first kappa shape index (κ1) is 15.8. The molecule has 0 saturated carbocycles. The fourth-order valence-corrected chi connectivity index (χ4v) is 3.77. The van der Waals surface area contributed by atoms with Crippen LogP contribution in [0.5, 0.6) is 0 Å². The maximum absolute atomic E-state index is 13.2. The van der Waals surface area contributed by atoms with Gasteiger partial charge < -0.3 is 15.1 Å². The van der Waals surface area contributed by atoms with Crippen LogP contribution in [0.3, 0.4) is 0 Å². The summed E-state index contributed by atoms with van der Waals surface area (Å²) in [5.74, 6) is 0.411. The van der Waals surface area contributed by atoms with Gasteiger partial charge in [-0.1, -0.05) is 13.8 Å². The Labute approximate surface area is 123 Å². The summed E-state index contributed by atoms with van der Waals surface area (Å²) in [6, 6.07) is 0.389. The largest absolute Gasteiger partial charge is 0.338 e. The summed E-state index contributed by atoms with van der Waals surface area (Å²) in [5, 5.41) is 3.45. The first-order valence-corrected chi connectivity index (χ1v) is 8.33. The second kappa shape index (κ2) is 6.90. The van der Waals surface area contributed by atoms with Gasteiger partial charge in [-0.05, 0) is 52.2 Å². The molecule has 0 radical (unpaired) electrons. The molecule has 4 nitrogen and oxygen atoms in total. The fraction of sp³-hybridized carbons (Fsp3) is 0.938. The zero-order valence-electron chi connectivity index (χ0n) is 13.5. The van der Waals surface area contributed by atoms with Crippen molar-refractivity contribution in [2.45, 2.75) is 52.0 Å². The van der Waals surface area contributed by atoms with E-state index in [2.05, 4.69) is 36.0 Å². The molecule has 0 aromatic carbocycles. The van der Waals surface area contributed by atoms with Crippen LogP contribution in [0.2, 0.25) is 0 Å². The van der Waals surface area contributed by atoms with Crippen molar-refractivity contribution in [3.8, 4) is 0 Å². The monoisotopic (exact) mass is 281 g/mol. The minimum atomic E-state index is -0.144. The van der Waals surface area contributed by atoms with Crippen LogP contribution < -0.4 is 5.32 Å². The molecule has 2 aliphatic rings. The van der Waals surface area contributed by atoms with E-state index in [4.69, 9.17) is 0 Å². The predicted molar refractivity (Wildman–Crippen MR) is 82.7 cm³/mol. The van der Waals surface area contributed by atoms with Crippen molar-refractivity contribution in [2.24, 2.45) is 5.41 Å². The molecule has 2 aliphatic heterocycles. The van der Waals surface area contributed by atoms with Gasteiger partial charge in [0.15, 0.2) is 0 Å². The Balaban J connectivity index is 2.15. The number of rotatable bonds is 3. The lowest BCUT2D eigenvalue weighted by Gasteiger charge is -2.42. The molecule has 1 amide bonds. The third-order valence-electron chi connectivity index (χ3n) is 5.24. The molecule has 2 fully saturated rings. The Bertz CT molecular complexity index is 326. The molecule has 0 bridgehead atoms. The quantitative estimate of drug-likeness (QED) is 0.855. The summed E-state index contributed by atoms with van der Waals surface area (Å²) in [4.78, 5) is 17.8. The van der Waals surface area contributed by atoms with Gasteiger partial charge in [-0.15, -0.1) is 0 Å². The Morgan fingerprint density at radius 1 is 1.30 bits per heavy atom. The van der Waals surface area contributed by atoms with Crippen LogP contribution in [0.1, 0.15) is 46.0 Å². The minimum absolute atomic E-state index is 0.144. The van der Waals surface area contributed by atoms with E-state index in [9.17, 15) is 4.79 Å². The number of carbonyl (C=O) groups excluding carboxylic acids is 1. The molecule has 116 valence electrons. The lowest BCUT2D eigenvalue weighted by Crippen LogP contribution is -2.55. The first-order valence-electron chi connectivity index (χ1n) is 8.33. The minimum Gasteiger partial charge on any atom is -0.338 e. The number of hydrogen-bond donors (Lipinski definition) is 1. The summed E-state index contributed by atoms with van der Waals surface area (Å²) >= 11 is 0. The highest BCUT2D eigenvalue weighted by Gasteiger charge is 2.42. The molecular weight excluding hydrogens is 250 g/mol. The number of hydrogen-bond acceptors (Lipinski definition) is 3. The average molecular weight is 281 g/mol. The Kier molecular flexibility index (Phi) is 5.44. The van der Waals surface area contributed by atoms with Gasteiger partial charge in [0.2, 0.25) is 5.91 Å². The highest BCUT2D eigenvalue weighted by atomic mass is 16.2. The summed E-state index contributed by atoms with van der Waals surface area (Å²) < 4.78 is 0. The van der Waals surface area contributed by atoms with Gasteiger partial charge in [-0.2, -0.15) is 0 Å². The van der Waals surface area contributed by atoms with Gasteiger partial charge in [0.05, 0.1) is 5.41 Å². The zero-order valence-corrected chi connectivity index (χ0v) is 13.5. The molecule has 20 heavy (non-hydrogen) atoms. The lowest BCUT2D eigenvalue weighted by atomic mass is 9.76. The normalized spacial score (nSPS) is 33.0. The van der Waals surface area contributed by atoms with Crippen molar-refractivity contribution < 1.29 is 4.79 Å². The molecule has 0 aromatic heterocycles. The van der Waals surface area contributed by atoms with Crippen LogP contribution in [-0.4, -0.2) is 61.5 Å². The SMILES string of the molecule is CCC1CN(C)CCCN1C(=O)C1(CC)CCCNC1. The van der Waals surface area contributed by atoms with Crippen LogP contribution in [0, 0.1) is 5.41 Å². The van der Waals surface area contributed by atoms with Crippen LogP contribution >= 0.6 is 0 Å². The second-order valence-electron chi connectivity index (χ2n) is 6.59. The molecule has 2 rings (SSSR count). The first-order chi connectivity index (χ1) is 9.63. The Morgan fingerprint density at radius 2 is 2.10 bits per heavy atom.